The zero-order chi connectivity index (χ0) is 16.7. The summed E-state index contributed by atoms with van der Waals surface area (Å²) >= 11 is 8.15. The molecule has 116 valence electrons. The Morgan fingerprint density at radius 2 is 0.750 bits per heavy atom. The van der Waals surface area contributed by atoms with Gasteiger partial charge in [0.25, 0.3) is 11.6 Å². The molecule has 0 aromatic heterocycles. The van der Waals surface area contributed by atoms with E-state index in [2.05, 4.69) is 0 Å². The highest BCUT2D eigenvalue weighted by Crippen LogP contribution is 2.45. The van der Waals surface area contributed by atoms with E-state index in [0.717, 1.165) is 0 Å². The lowest BCUT2D eigenvalue weighted by atomic mass is 10.1. The van der Waals surface area contributed by atoms with E-state index >= 15 is 0 Å². The summed E-state index contributed by atoms with van der Waals surface area (Å²) in [5.41, 5.74) is 0. The van der Waals surface area contributed by atoms with Crippen molar-refractivity contribution in [2.45, 2.75) is 18.8 Å². The fraction of sp³-hybridized carbons (Fsp3) is 0.571. The van der Waals surface area contributed by atoms with E-state index in [1.165, 1.54) is 0 Å². The summed E-state index contributed by atoms with van der Waals surface area (Å²) in [5.74, 6) is -7.53. The molecular formula is C7Br4F6O3. The molecule has 0 saturated carbocycles. The number of carbonyl (C=O) groups is 3. The van der Waals surface area contributed by atoms with Crippen LogP contribution in [0.2, 0.25) is 0 Å². The zero-order valence-corrected chi connectivity index (χ0v) is 14.8. The van der Waals surface area contributed by atoms with Crippen molar-refractivity contribution in [3.8, 4) is 0 Å². The number of hydrogen-bond acceptors (Lipinski definition) is 3. The molecule has 0 aliphatic carbocycles. The van der Waals surface area contributed by atoms with Crippen molar-refractivity contribution in [2.24, 2.45) is 0 Å². The first kappa shape index (κ1) is 20.5. The molecule has 13 heteroatoms. The van der Waals surface area contributed by atoms with E-state index in [0.29, 0.717) is 0 Å². The highest BCUT2D eigenvalue weighted by Gasteiger charge is 2.64. The Labute approximate surface area is 140 Å². The minimum atomic E-state index is -5.53. The van der Waals surface area contributed by atoms with Gasteiger partial charge in [0, 0.05) is 0 Å². The largest absolute Gasteiger partial charge is 0.452 e. The molecule has 0 radical (unpaired) electrons. The smallest absolute Gasteiger partial charge is 0.294 e. The Morgan fingerprint density at radius 3 is 0.900 bits per heavy atom. The van der Waals surface area contributed by atoms with Crippen LogP contribution < -0.4 is 0 Å². The number of rotatable bonds is 4. The number of halogens is 10. The first-order valence-corrected chi connectivity index (χ1v) is 7.17. The van der Waals surface area contributed by atoms with Gasteiger partial charge in [0.05, 0.1) is 0 Å². The van der Waals surface area contributed by atoms with Crippen LogP contribution in [-0.4, -0.2) is 36.2 Å². The van der Waals surface area contributed by atoms with Gasteiger partial charge in [-0.25, -0.2) is 0 Å². The van der Waals surface area contributed by atoms with Crippen molar-refractivity contribution in [2.75, 3.05) is 0 Å². The normalized spacial score (nSPS) is 14.1. The van der Waals surface area contributed by atoms with Crippen LogP contribution in [0.5, 0.6) is 0 Å². The fourth-order valence-electron chi connectivity index (χ4n) is 0.759. The molecule has 0 spiro atoms. The van der Waals surface area contributed by atoms with E-state index in [4.69, 9.17) is 0 Å². The van der Waals surface area contributed by atoms with E-state index in [-0.39, 0.29) is 0 Å². The maximum atomic E-state index is 12.2. The van der Waals surface area contributed by atoms with Crippen LogP contribution in [0.3, 0.4) is 0 Å². The second-order valence-electron chi connectivity index (χ2n) is 3.13. The predicted molar refractivity (Wildman–Crippen MR) is 68.3 cm³/mol. The Hall–Kier alpha value is 0.510. The number of alkyl halides is 10. The number of carbonyl (C=O) groups excluding carboxylic acids is 3. The average molecular weight is 566 g/mol. The lowest BCUT2D eigenvalue weighted by molar-refractivity contribution is -0.174. The highest BCUT2D eigenvalue weighted by atomic mass is 79.9. The molecule has 0 atom stereocenters. The molecule has 0 N–H and O–H groups in total. The first-order valence-electron chi connectivity index (χ1n) is 4.00. The zero-order valence-electron chi connectivity index (χ0n) is 8.50. The van der Waals surface area contributed by atoms with E-state index in [1.54, 1.807) is 0 Å². The summed E-state index contributed by atoms with van der Waals surface area (Å²) in [6.07, 6.45) is -11.1. The number of hydrogen-bond donors (Lipinski definition) is 0. The van der Waals surface area contributed by atoms with Crippen LogP contribution >= 0.6 is 63.7 Å². The number of Topliss-reactive ketones (excluding diaryl/α,β-unsaturated/α-hetero) is 3. The van der Waals surface area contributed by atoms with Gasteiger partial charge in [-0.15, -0.1) is 0 Å². The lowest BCUT2D eigenvalue weighted by Gasteiger charge is -2.26. The molecule has 0 unspecified atom stereocenters. The maximum absolute atomic E-state index is 12.2. The second-order valence-corrected chi connectivity index (χ2v) is 10.0. The lowest BCUT2D eigenvalue weighted by Crippen LogP contribution is -2.54. The minimum absolute atomic E-state index is 2.04. The van der Waals surface area contributed by atoms with Gasteiger partial charge in [0.15, 0.2) is 0 Å². The third kappa shape index (κ3) is 4.26. The molecule has 0 aromatic carbocycles. The Kier molecular flexibility index (Phi) is 6.10. The molecule has 0 saturated heterocycles. The summed E-state index contributed by atoms with van der Waals surface area (Å²) in [6.45, 7) is 0. The molecule has 0 amide bonds. The number of ketones is 3. The topological polar surface area (TPSA) is 51.2 Å². The predicted octanol–water partition coefficient (Wildman–Crippen LogP) is 3.79. The molecule has 20 heavy (non-hydrogen) atoms. The third-order valence-electron chi connectivity index (χ3n) is 1.66. The minimum Gasteiger partial charge on any atom is -0.294 e. The molecule has 3 nitrogen and oxygen atoms in total. The maximum Gasteiger partial charge on any atom is 0.452 e. The summed E-state index contributed by atoms with van der Waals surface area (Å²) in [4.78, 5) is 33.6. The molecule has 0 rings (SSSR count). The van der Waals surface area contributed by atoms with Crippen LogP contribution in [0.1, 0.15) is 0 Å². The van der Waals surface area contributed by atoms with Crippen LogP contribution in [0.4, 0.5) is 26.3 Å². The van der Waals surface area contributed by atoms with Gasteiger partial charge < -0.3 is 0 Å². The second kappa shape index (κ2) is 5.95. The Morgan fingerprint density at radius 1 is 0.550 bits per heavy atom. The molecule has 0 bridgehead atoms. The Balaban J connectivity index is 5.67. The van der Waals surface area contributed by atoms with Gasteiger partial charge >= 0.3 is 12.4 Å². The summed E-state index contributed by atoms with van der Waals surface area (Å²) < 4.78 is 66.9. The van der Waals surface area contributed by atoms with Crippen molar-refractivity contribution >= 4 is 81.1 Å². The van der Waals surface area contributed by atoms with E-state index < -0.39 is 36.2 Å². The standard InChI is InChI=1S/C7Br4F6O3/c8-4(9,2(19)6(12,13)14)1(18)5(10,11)3(20)7(15,16)17. The van der Waals surface area contributed by atoms with Gasteiger partial charge in [-0.05, 0) is 0 Å². The molecule has 0 fully saturated rings. The van der Waals surface area contributed by atoms with Crippen LogP contribution in [0, 0.1) is 0 Å². The summed E-state index contributed by atoms with van der Waals surface area (Å²) in [7, 11) is 0. The quantitative estimate of drug-likeness (QED) is 0.296. The van der Waals surface area contributed by atoms with Crippen molar-refractivity contribution in [1.29, 1.82) is 0 Å². The SMILES string of the molecule is O=C(C(F)(F)F)C(Br)(Br)C(=O)C(Br)(Br)C(=O)C(F)(F)F. The molecule has 0 aromatic rings. The van der Waals surface area contributed by atoms with Gasteiger partial charge in [-0.3, -0.25) is 14.4 Å². The van der Waals surface area contributed by atoms with Crippen molar-refractivity contribution < 1.29 is 40.7 Å². The molecule has 0 heterocycles. The van der Waals surface area contributed by atoms with Gasteiger partial charge in [0.2, 0.25) is 12.3 Å². The third-order valence-corrected chi connectivity index (χ3v) is 4.54. The van der Waals surface area contributed by atoms with Crippen molar-refractivity contribution in [3.63, 3.8) is 0 Å². The first-order chi connectivity index (χ1) is 8.46. The van der Waals surface area contributed by atoms with E-state index in [1.807, 2.05) is 63.7 Å². The molecule has 0 aliphatic heterocycles. The van der Waals surface area contributed by atoms with Crippen LogP contribution in [0.15, 0.2) is 0 Å². The van der Waals surface area contributed by atoms with Gasteiger partial charge in [-0.1, -0.05) is 63.7 Å². The average Bonchev–Trinajstić information content (AvgIpc) is 2.23. The van der Waals surface area contributed by atoms with Gasteiger partial charge in [0.1, 0.15) is 0 Å². The molecular weight excluding hydrogens is 566 g/mol. The fourth-order valence-corrected chi connectivity index (χ4v) is 3.91. The monoisotopic (exact) mass is 562 g/mol. The van der Waals surface area contributed by atoms with Crippen LogP contribution in [-0.2, 0) is 14.4 Å². The Bertz CT molecular complexity index is 412. The molecule has 0 aliphatic rings. The summed E-state index contributed by atoms with van der Waals surface area (Å²) in [6, 6.07) is 0. The van der Waals surface area contributed by atoms with Crippen LogP contribution in [0.25, 0.3) is 0 Å². The van der Waals surface area contributed by atoms with Crippen molar-refractivity contribution in [1.82, 2.24) is 0 Å². The van der Waals surface area contributed by atoms with E-state index in [9.17, 15) is 40.7 Å². The van der Waals surface area contributed by atoms with Gasteiger partial charge in [-0.2, -0.15) is 26.3 Å². The summed E-state index contributed by atoms with van der Waals surface area (Å²) in [5, 5.41) is 0. The van der Waals surface area contributed by atoms with Crippen molar-refractivity contribution in [3.05, 3.63) is 0 Å². The highest BCUT2D eigenvalue weighted by molar-refractivity contribution is 9.28.